The summed E-state index contributed by atoms with van der Waals surface area (Å²) in [6.07, 6.45) is 12.9. The quantitative estimate of drug-likeness (QED) is 0.823. The van der Waals surface area contributed by atoms with E-state index in [1.807, 2.05) is 0 Å². The second kappa shape index (κ2) is 5.48. The maximum absolute atomic E-state index is 6.33. The second-order valence-corrected chi connectivity index (χ2v) is 6.53. The Bertz CT molecular complexity index is 268. The minimum atomic E-state index is 0.188. The average molecular weight is 253 g/mol. The van der Waals surface area contributed by atoms with E-state index in [0.29, 0.717) is 18.2 Å². The Balaban J connectivity index is 1.50. The SMILES string of the molecule is NC1CCC(OC2CCOC3(CCCC3)C2)CC1. The van der Waals surface area contributed by atoms with Crippen LogP contribution in [0.15, 0.2) is 0 Å². The summed E-state index contributed by atoms with van der Waals surface area (Å²) < 4.78 is 12.4. The summed E-state index contributed by atoms with van der Waals surface area (Å²) in [6.45, 7) is 0.900. The van der Waals surface area contributed by atoms with Crippen LogP contribution >= 0.6 is 0 Å². The Morgan fingerprint density at radius 3 is 2.39 bits per heavy atom. The normalized spacial score (nSPS) is 40.2. The standard InChI is InChI=1S/C15H27NO2/c16-12-3-5-13(6-4-12)18-14-7-10-17-15(11-14)8-1-2-9-15/h12-14H,1-11,16H2. The Morgan fingerprint density at radius 2 is 1.67 bits per heavy atom. The number of rotatable bonds is 2. The van der Waals surface area contributed by atoms with Crippen LogP contribution in [0.3, 0.4) is 0 Å². The van der Waals surface area contributed by atoms with Crippen molar-refractivity contribution in [3.8, 4) is 0 Å². The predicted molar refractivity (Wildman–Crippen MR) is 71.5 cm³/mol. The van der Waals surface area contributed by atoms with Crippen molar-refractivity contribution in [3.63, 3.8) is 0 Å². The van der Waals surface area contributed by atoms with E-state index in [0.717, 1.165) is 45.1 Å². The second-order valence-electron chi connectivity index (χ2n) is 6.53. The molecule has 1 aliphatic heterocycles. The van der Waals surface area contributed by atoms with Gasteiger partial charge in [0.25, 0.3) is 0 Å². The topological polar surface area (TPSA) is 44.5 Å². The molecule has 2 aliphatic carbocycles. The number of nitrogens with two attached hydrogens (primary N) is 1. The summed E-state index contributed by atoms with van der Waals surface area (Å²) in [6, 6.07) is 0.417. The van der Waals surface area contributed by atoms with E-state index in [1.54, 1.807) is 0 Å². The first-order valence-corrected chi connectivity index (χ1v) is 7.81. The van der Waals surface area contributed by atoms with Gasteiger partial charge in [-0.3, -0.25) is 0 Å². The number of hydrogen-bond donors (Lipinski definition) is 1. The van der Waals surface area contributed by atoms with Crippen LogP contribution in [0, 0.1) is 0 Å². The maximum atomic E-state index is 6.33. The molecule has 3 fully saturated rings. The zero-order valence-corrected chi connectivity index (χ0v) is 11.4. The average Bonchev–Trinajstić information content (AvgIpc) is 2.80. The number of hydrogen-bond acceptors (Lipinski definition) is 3. The molecule has 18 heavy (non-hydrogen) atoms. The van der Waals surface area contributed by atoms with Gasteiger partial charge in [-0.25, -0.2) is 0 Å². The highest BCUT2D eigenvalue weighted by molar-refractivity contribution is 4.92. The van der Waals surface area contributed by atoms with Crippen molar-refractivity contribution in [2.24, 2.45) is 5.73 Å². The molecule has 3 heteroatoms. The highest BCUT2D eigenvalue weighted by Gasteiger charge is 2.40. The van der Waals surface area contributed by atoms with Crippen LogP contribution in [-0.4, -0.2) is 30.5 Å². The van der Waals surface area contributed by atoms with Crippen molar-refractivity contribution in [1.29, 1.82) is 0 Å². The van der Waals surface area contributed by atoms with Crippen LogP contribution in [0.4, 0.5) is 0 Å². The molecular formula is C15H27NO2. The van der Waals surface area contributed by atoms with E-state index >= 15 is 0 Å². The first-order chi connectivity index (χ1) is 8.76. The summed E-state index contributed by atoms with van der Waals surface area (Å²) in [5.41, 5.74) is 6.14. The molecule has 104 valence electrons. The fourth-order valence-electron chi connectivity index (χ4n) is 3.96. The summed E-state index contributed by atoms with van der Waals surface area (Å²) in [5, 5.41) is 0. The Hall–Kier alpha value is -0.120. The Labute approximate surface area is 110 Å². The smallest absolute Gasteiger partial charge is 0.0707 e. The lowest BCUT2D eigenvalue weighted by Gasteiger charge is -2.40. The van der Waals surface area contributed by atoms with Crippen molar-refractivity contribution >= 4 is 0 Å². The fourth-order valence-corrected chi connectivity index (χ4v) is 3.96. The van der Waals surface area contributed by atoms with Crippen LogP contribution in [0.1, 0.15) is 64.2 Å². The van der Waals surface area contributed by atoms with Crippen molar-refractivity contribution in [3.05, 3.63) is 0 Å². The molecule has 3 aliphatic rings. The molecule has 2 saturated carbocycles. The summed E-state index contributed by atoms with van der Waals surface area (Å²) in [7, 11) is 0. The van der Waals surface area contributed by atoms with Gasteiger partial charge >= 0.3 is 0 Å². The van der Waals surface area contributed by atoms with Gasteiger partial charge < -0.3 is 15.2 Å². The molecule has 3 rings (SSSR count). The summed E-state index contributed by atoms with van der Waals surface area (Å²) >= 11 is 0. The molecule has 2 N–H and O–H groups in total. The van der Waals surface area contributed by atoms with Crippen LogP contribution < -0.4 is 5.73 Å². The molecule has 1 spiro atoms. The first-order valence-electron chi connectivity index (χ1n) is 7.81. The molecule has 1 heterocycles. The van der Waals surface area contributed by atoms with Crippen LogP contribution in [0.2, 0.25) is 0 Å². The fraction of sp³-hybridized carbons (Fsp3) is 1.00. The van der Waals surface area contributed by atoms with E-state index in [4.69, 9.17) is 15.2 Å². The largest absolute Gasteiger partial charge is 0.375 e. The minimum Gasteiger partial charge on any atom is -0.375 e. The zero-order chi connectivity index (χ0) is 12.4. The highest BCUT2D eigenvalue weighted by Crippen LogP contribution is 2.41. The van der Waals surface area contributed by atoms with Gasteiger partial charge in [-0.1, -0.05) is 12.8 Å². The van der Waals surface area contributed by atoms with Gasteiger partial charge in [0, 0.05) is 19.1 Å². The highest BCUT2D eigenvalue weighted by atomic mass is 16.5. The molecule has 0 aromatic rings. The third-order valence-corrected chi connectivity index (χ3v) is 5.07. The third kappa shape index (κ3) is 2.89. The molecule has 0 radical (unpaired) electrons. The lowest BCUT2D eigenvalue weighted by Crippen LogP contribution is -2.42. The monoisotopic (exact) mass is 253 g/mol. The Kier molecular flexibility index (Phi) is 3.92. The van der Waals surface area contributed by atoms with Gasteiger partial charge in [-0.05, 0) is 44.9 Å². The van der Waals surface area contributed by atoms with Crippen molar-refractivity contribution < 1.29 is 9.47 Å². The molecule has 1 saturated heterocycles. The number of ether oxygens (including phenoxy) is 2. The first kappa shape index (κ1) is 12.9. The van der Waals surface area contributed by atoms with Gasteiger partial charge in [0.1, 0.15) is 0 Å². The van der Waals surface area contributed by atoms with Gasteiger partial charge in [-0.15, -0.1) is 0 Å². The van der Waals surface area contributed by atoms with Crippen molar-refractivity contribution in [2.45, 2.75) is 88.1 Å². The molecule has 3 nitrogen and oxygen atoms in total. The van der Waals surface area contributed by atoms with Crippen LogP contribution in [-0.2, 0) is 9.47 Å². The molecule has 0 bridgehead atoms. The van der Waals surface area contributed by atoms with E-state index < -0.39 is 0 Å². The predicted octanol–water partition coefficient (Wildman–Crippen LogP) is 2.76. The van der Waals surface area contributed by atoms with Crippen molar-refractivity contribution in [1.82, 2.24) is 0 Å². The molecule has 1 atom stereocenters. The zero-order valence-electron chi connectivity index (χ0n) is 11.4. The maximum Gasteiger partial charge on any atom is 0.0707 e. The van der Waals surface area contributed by atoms with Gasteiger partial charge in [-0.2, -0.15) is 0 Å². The van der Waals surface area contributed by atoms with E-state index in [2.05, 4.69) is 0 Å². The molecule has 0 aromatic carbocycles. The Morgan fingerprint density at radius 1 is 0.944 bits per heavy atom. The van der Waals surface area contributed by atoms with E-state index in [1.165, 1.54) is 25.7 Å². The lowest BCUT2D eigenvalue weighted by atomic mass is 9.89. The summed E-state index contributed by atoms with van der Waals surface area (Å²) in [4.78, 5) is 0. The molecular weight excluding hydrogens is 226 g/mol. The lowest BCUT2D eigenvalue weighted by molar-refractivity contribution is -0.149. The molecule has 1 unspecified atom stereocenters. The van der Waals surface area contributed by atoms with Crippen molar-refractivity contribution in [2.75, 3.05) is 6.61 Å². The summed E-state index contributed by atoms with van der Waals surface area (Å²) in [5.74, 6) is 0. The van der Waals surface area contributed by atoms with Crippen LogP contribution in [0.25, 0.3) is 0 Å². The molecule has 0 amide bonds. The third-order valence-electron chi connectivity index (χ3n) is 5.07. The van der Waals surface area contributed by atoms with E-state index in [-0.39, 0.29) is 5.60 Å². The van der Waals surface area contributed by atoms with Gasteiger partial charge in [0.05, 0.1) is 17.8 Å². The minimum absolute atomic E-state index is 0.188. The van der Waals surface area contributed by atoms with Crippen LogP contribution in [0.5, 0.6) is 0 Å². The van der Waals surface area contributed by atoms with Gasteiger partial charge in [0.15, 0.2) is 0 Å². The van der Waals surface area contributed by atoms with Gasteiger partial charge in [0.2, 0.25) is 0 Å². The van der Waals surface area contributed by atoms with E-state index in [9.17, 15) is 0 Å². The molecule has 0 aromatic heterocycles.